The molecule has 0 spiro atoms. The molecular weight excluding hydrogens is 232 g/mol. The maximum absolute atomic E-state index is 6.13. The molecule has 1 aliphatic carbocycles. The fourth-order valence-corrected chi connectivity index (χ4v) is 5.99. The lowest BCUT2D eigenvalue weighted by atomic mass is 10.0. The van der Waals surface area contributed by atoms with Gasteiger partial charge in [-0.3, -0.25) is 0 Å². The van der Waals surface area contributed by atoms with Crippen LogP contribution in [-0.2, 0) is 13.3 Å². The zero-order valence-electron chi connectivity index (χ0n) is 12.0. The van der Waals surface area contributed by atoms with E-state index in [1.807, 2.05) is 0 Å². The van der Waals surface area contributed by atoms with Gasteiger partial charge in [0.1, 0.15) is 0 Å². The second kappa shape index (κ2) is 6.88. The summed E-state index contributed by atoms with van der Waals surface area (Å²) < 4.78 is 18.1. The first-order valence-electron chi connectivity index (χ1n) is 6.91. The minimum absolute atomic E-state index is 0.169. The molecule has 1 rings (SSSR count). The van der Waals surface area contributed by atoms with Crippen LogP contribution in [0.4, 0.5) is 0 Å². The summed E-state index contributed by atoms with van der Waals surface area (Å²) in [5, 5.41) is 0. The Kier molecular flexibility index (Phi) is 6.13. The van der Waals surface area contributed by atoms with E-state index in [1.54, 1.807) is 7.11 Å². The zero-order valence-corrected chi connectivity index (χ0v) is 13.0. The monoisotopic (exact) mass is 260 g/mol. The SMILES string of the molecule is CO[Si](OC(C)C)(OC(C)C)C1CCCCC1. The molecule has 17 heavy (non-hydrogen) atoms. The molecule has 0 aliphatic heterocycles. The van der Waals surface area contributed by atoms with Crippen LogP contribution in [0, 0.1) is 0 Å². The molecule has 4 heteroatoms. The summed E-state index contributed by atoms with van der Waals surface area (Å²) >= 11 is 0. The van der Waals surface area contributed by atoms with E-state index in [1.165, 1.54) is 32.1 Å². The summed E-state index contributed by atoms with van der Waals surface area (Å²) in [5.41, 5.74) is 0.492. The predicted molar refractivity (Wildman–Crippen MR) is 72.0 cm³/mol. The molecule has 0 radical (unpaired) electrons. The molecular formula is C13H28O3Si. The van der Waals surface area contributed by atoms with Crippen molar-refractivity contribution in [2.24, 2.45) is 0 Å². The number of rotatable bonds is 6. The van der Waals surface area contributed by atoms with Gasteiger partial charge in [0.15, 0.2) is 0 Å². The fraction of sp³-hybridized carbons (Fsp3) is 1.00. The third-order valence-electron chi connectivity index (χ3n) is 3.19. The Morgan fingerprint density at radius 1 is 0.882 bits per heavy atom. The molecule has 0 N–H and O–H groups in total. The van der Waals surface area contributed by atoms with E-state index in [0.29, 0.717) is 5.54 Å². The molecule has 0 heterocycles. The third-order valence-corrected chi connectivity index (χ3v) is 6.94. The van der Waals surface area contributed by atoms with Gasteiger partial charge in [0.05, 0.1) is 0 Å². The van der Waals surface area contributed by atoms with Crippen molar-refractivity contribution in [3.05, 3.63) is 0 Å². The van der Waals surface area contributed by atoms with Crippen LogP contribution < -0.4 is 0 Å². The Morgan fingerprint density at radius 3 is 1.71 bits per heavy atom. The number of hydrogen-bond donors (Lipinski definition) is 0. The lowest BCUT2D eigenvalue weighted by Crippen LogP contribution is -2.52. The van der Waals surface area contributed by atoms with Crippen molar-refractivity contribution in [1.29, 1.82) is 0 Å². The van der Waals surface area contributed by atoms with Crippen LogP contribution in [-0.4, -0.2) is 28.1 Å². The average molecular weight is 260 g/mol. The van der Waals surface area contributed by atoms with E-state index in [9.17, 15) is 0 Å². The molecule has 0 atom stereocenters. The summed E-state index contributed by atoms with van der Waals surface area (Å²) in [6.45, 7) is 8.25. The molecule has 1 fully saturated rings. The molecule has 0 unspecified atom stereocenters. The van der Waals surface area contributed by atoms with Crippen LogP contribution in [0.5, 0.6) is 0 Å². The lowest BCUT2D eigenvalue weighted by molar-refractivity contribution is 0.0203. The van der Waals surface area contributed by atoms with Gasteiger partial charge >= 0.3 is 8.80 Å². The second-order valence-electron chi connectivity index (χ2n) is 5.48. The molecule has 3 nitrogen and oxygen atoms in total. The summed E-state index contributed by atoms with van der Waals surface area (Å²) in [7, 11) is -0.739. The van der Waals surface area contributed by atoms with Crippen molar-refractivity contribution in [1.82, 2.24) is 0 Å². The molecule has 0 bridgehead atoms. The van der Waals surface area contributed by atoms with Crippen molar-refractivity contribution in [3.63, 3.8) is 0 Å². The van der Waals surface area contributed by atoms with Gasteiger partial charge < -0.3 is 13.3 Å². The molecule has 102 valence electrons. The van der Waals surface area contributed by atoms with Crippen LogP contribution in [0.3, 0.4) is 0 Å². The van der Waals surface area contributed by atoms with Crippen LogP contribution in [0.25, 0.3) is 0 Å². The zero-order chi connectivity index (χ0) is 12.9. The normalized spacial score (nSPS) is 19.2. The van der Waals surface area contributed by atoms with Gasteiger partial charge in [0.2, 0.25) is 0 Å². The van der Waals surface area contributed by atoms with E-state index < -0.39 is 8.80 Å². The Balaban J connectivity index is 2.79. The highest BCUT2D eigenvalue weighted by molar-refractivity contribution is 6.62. The molecule has 0 aromatic carbocycles. The second-order valence-corrected chi connectivity index (χ2v) is 8.38. The average Bonchev–Trinajstić information content (AvgIpc) is 2.28. The highest BCUT2D eigenvalue weighted by Crippen LogP contribution is 2.39. The van der Waals surface area contributed by atoms with E-state index >= 15 is 0 Å². The summed E-state index contributed by atoms with van der Waals surface area (Å²) in [6.07, 6.45) is 6.63. The Labute approximate surface area is 107 Å². The van der Waals surface area contributed by atoms with Crippen LogP contribution in [0.2, 0.25) is 5.54 Å². The molecule has 1 aliphatic rings. The molecule has 0 aromatic rings. The third kappa shape index (κ3) is 4.36. The predicted octanol–water partition coefficient (Wildman–Crippen LogP) is 3.76. The maximum atomic E-state index is 6.13. The van der Waals surface area contributed by atoms with E-state index in [4.69, 9.17) is 13.3 Å². The Hall–Kier alpha value is 0.0969. The Morgan fingerprint density at radius 2 is 1.35 bits per heavy atom. The van der Waals surface area contributed by atoms with Gasteiger partial charge in [-0.1, -0.05) is 19.3 Å². The van der Waals surface area contributed by atoms with Gasteiger partial charge in [-0.25, -0.2) is 0 Å². The van der Waals surface area contributed by atoms with E-state index in [2.05, 4.69) is 27.7 Å². The van der Waals surface area contributed by atoms with Gasteiger partial charge in [0, 0.05) is 24.9 Å². The minimum Gasteiger partial charge on any atom is -0.377 e. The van der Waals surface area contributed by atoms with Crippen molar-refractivity contribution in [3.8, 4) is 0 Å². The van der Waals surface area contributed by atoms with E-state index in [0.717, 1.165) is 0 Å². The largest absolute Gasteiger partial charge is 0.504 e. The van der Waals surface area contributed by atoms with Gasteiger partial charge in [-0.2, -0.15) is 0 Å². The van der Waals surface area contributed by atoms with Gasteiger partial charge in [-0.05, 0) is 40.5 Å². The van der Waals surface area contributed by atoms with Crippen molar-refractivity contribution in [2.75, 3.05) is 7.11 Å². The van der Waals surface area contributed by atoms with Crippen LogP contribution in [0.1, 0.15) is 59.8 Å². The lowest BCUT2D eigenvalue weighted by Gasteiger charge is -2.39. The van der Waals surface area contributed by atoms with Crippen molar-refractivity contribution in [2.45, 2.75) is 77.5 Å². The summed E-state index contributed by atoms with van der Waals surface area (Å²) in [5.74, 6) is 0. The highest BCUT2D eigenvalue weighted by atomic mass is 28.4. The first kappa shape index (κ1) is 15.2. The minimum atomic E-state index is -2.49. The van der Waals surface area contributed by atoms with Crippen LogP contribution in [0.15, 0.2) is 0 Å². The maximum Gasteiger partial charge on any atom is 0.504 e. The molecule has 0 amide bonds. The quantitative estimate of drug-likeness (QED) is 0.681. The standard InChI is InChI=1S/C13H28O3Si/c1-11(2)15-17(14-5,16-12(3)4)13-9-7-6-8-10-13/h11-13H,6-10H2,1-5H3. The van der Waals surface area contributed by atoms with Crippen molar-refractivity contribution < 1.29 is 13.3 Å². The van der Waals surface area contributed by atoms with Crippen LogP contribution >= 0.6 is 0 Å². The van der Waals surface area contributed by atoms with E-state index in [-0.39, 0.29) is 12.2 Å². The topological polar surface area (TPSA) is 27.7 Å². The molecule has 1 saturated carbocycles. The first-order chi connectivity index (χ1) is 8.00. The summed E-state index contributed by atoms with van der Waals surface area (Å²) in [4.78, 5) is 0. The Bertz CT molecular complexity index is 203. The first-order valence-corrected chi connectivity index (χ1v) is 8.71. The van der Waals surface area contributed by atoms with Crippen molar-refractivity contribution >= 4 is 8.80 Å². The number of hydrogen-bond acceptors (Lipinski definition) is 3. The molecule has 0 aromatic heterocycles. The molecule has 0 saturated heterocycles. The fourth-order valence-electron chi connectivity index (χ4n) is 2.60. The summed E-state index contributed by atoms with van der Waals surface area (Å²) in [6, 6.07) is 0. The van der Waals surface area contributed by atoms with Gasteiger partial charge in [-0.15, -0.1) is 0 Å². The highest BCUT2D eigenvalue weighted by Gasteiger charge is 2.50. The van der Waals surface area contributed by atoms with Gasteiger partial charge in [0.25, 0.3) is 0 Å². The smallest absolute Gasteiger partial charge is 0.377 e.